The lowest BCUT2D eigenvalue weighted by Crippen LogP contribution is -2.30. The van der Waals surface area contributed by atoms with E-state index in [0.29, 0.717) is 37.5 Å². The van der Waals surface area contributed by atoms with Crippen LogP contribution in [0.25, 0.3) is 0 Å². The molecule has 7 atom stereocenters. The Morgan fingerprint density at radius 2 is 0.527 bits per heavy atom. The van der Waals surface area contributed by atoms with Gasteiger partial charge in [0.2, 0.25) is 0 Å². The molecule has 0 rings (SSSR count). The second kappa shape index (κ2) is 61.6. The minimum Gasteiger partial charge on any atom is -0.462 e. The van der Waals surface area contributed by atoms with Crippen LogP contribution in [0, 0.1) is 23.7 Å². The zero-order chi connectivity index (χ0) is 67.5. The molecule has 91 heavy (non-hydrogen) atoms. The van der Waals surface area contributed by atoms with Crippen molar-refractivity contribution in [2.24, 2.45) is 23.7 Å². The third kappa shape index (κ3) is 63.9. The Morgan fingerprint density at radius 3 is 0.780 bits per heavy atom. The zero-order valence-corrected chi connectivity index (χ0v) is 61.3. The lowest BCUT2D eigenvalue weighted by molar-refractivity contribution is -0.161. The van der Waals surface area contributed by atoms with E-state index in [4.69, 9.17) is 37.0 Å². The first-order chi connectivity index (χ1) is 43.7. The van der Waals surface area contributed by atoms with Crippen LogP contribution in [0.15, 0.2) is 0 Å². The summed E-state index contributed by atoms with van der Waals surface area (Å²) in [4.78, 5) is 72.5. The van der Waals surface area contributed by atoms with Crippen molar-refractivity contribution in [1.82, 2.24) is 0 Å². The van der Waals surface area contributed by atoms with Crippen LogP contribution in [0.4, 0.5) is 0 Å². The van der Waals surface area contributed by atoms with Gasteiger partial charge in [-0.25, -0.2) is 9.13 Å². The molecule has 0 aliphatic rings. The van der Waals surface area contributed by atoms with E-state index in [0.717, 1.165) is 115 Å². The molecular formula is C72H140O17P2. The Hall–Kier alpha value is -1.94. The molecule has 0 heterocycles. The number of hydrogen-bond donors (Lipinski definition) is 3. The topological polar surface area (TPSA) is 237 Å². The molecule has 0 saturated heterocycles. The number of unbranched alkanes of at least 4 members (excludes halogenated alkanes) is 33. The first-order valence-electron chi connectivity index (χ1n) is 37.3. The van der Waals surface area contributed by atoms with Gasteiger partial charge in [0.25, 0.3) is 0 Å². The Labute approximate surface area is 556 Å². The van der Waals surface area contributed by atoms with E-state index < -0.39 is 97.5 Å². The fraction of sp³-hybridized carbons (Fsp3) is 0.944. The summed E-state index contributed by atoms with van der Waals surface area (Å²) in [6, 6.07) is 0. The molecule has 540 valence electrons. The third-order valence-electron chi connectivity index (χ3n) is 17.3. The molecule has 19 heteroatoms. The van der Waals surface area contributed by atoms with Gasteiger partial charge in [0.15, 0.2) is 12.2 Å². The summed E-state index contributed by atoms with van der Waals surface area (Å²) in [6.45, 7) is 14.0. The van der Waals surface area contributed by atoms with Gasteiger partial charge in [-0.15, -0.1) is 0 Å². The SMILES string of the molecule is CCC(C)CCCCCCCCCCCCCCCCCCCCC(=O)O[C@H](COC(=O)CCCCCCCCCC(C)C)COP(=O)(O)OCC(O)COP(=O)(O)OC[C@@H](COC(=O)CCCCCCCCC(C)CC)OC(=O)CCCCCCCCC(C)C. The molecule has 0 aromatic carbocycles. The smallest absolute Gasteiger partial charge is 0.462 e. The molecule has 0 aromatic heterocycles. The highest BCUT2D eigenvalue weighted by molar-refractivity contribution is 7.47. The lowest BCUT2D eigenvalue weighted by Gasteiger charge is -2.21. The predicted octanol–water partition coefficient (Wildman–Crippen LogP) is 20.5. The standard InChI is InChI=1S/C72H140O17P2/c1-9-64(7)50-42-34-25-21-19-17-15-13-11-12-14-16-18-20-22-26-38-46-54-71(76)88-67(58-82-69(74)52-44-36-27-23-24-32-40-48-62(3)4)60-86-90(78,79)84-56-66(73)57-85-91(80,81)87-61-68(89-72(77)55-47-39-30-28-33-41-49-63(5)6)59-83-70(75)53-45-37-31-29-35-43-51-65(8)10-2/h62-68,73H,9-61H2,1-8H3,(H,78,79)(H,80,81)/t64?,65?,66?,67-,68-/m1/s1. The normalized spacial score (nSPS) is 14.8. The van der Waals surface area contributed by atoms with Gasteiger partial charge in [-0.2, -0.15) is 0 Å². The van der Waals surface area contributed by atoms with Crippen LogP contribution in [-0.4, -0.2) is 96.7 Å². The summed E-state index contributed by atoms with van der Waals surface area (Å²) < 4.78 is 68.2. The largest absolute Gasteiger partial charge is 0.472 e. The van der Waals surface area contributed by atoms with E-state index in [9.17, 15) is 43.2 Å². The Balaban J connectivity index is 5.13. The Bertz CT molecular complexity index is 1800. The second-order valence-corrected chi connectivity index (χ2v) is 30.3. The van der Waals surface area contributed by atoms with Crippen molar-refractivity contribution in [1.29, 1.82) is 0 Å². The van der Waals surface area contributed by atoms with E-state index >= 15 is 0 Å². The van der Waals surface area contributed by atoms with Crippen molar-refractivity contribution < 1.29 is 80.2 Å². The van der Waals surface area contributed by atoms with Gasteiger partial charge >= 0.3 is 39.5 Å². The average Bonchev–Trinajstić information content (AvgIpc) is 2.81. The molecule has 0 radical (unpaired) electrons. The van der Waals surface area contributed by atoms with E-state index in [2.05, 4.69) is 55.4 Å². The minimum absolute atomic E-state index is 0.101. The molecule has 0 bridgehead atoms. The minimum atomic E-state index is -4.95. The summed E-state index contributed by atoms with van der Waals surface area (Å²) in [5, 5.41) is 10.6. The van der Waals surface area contributed by atoms with Gasteiger partial charge in [0, 0.05) is 25.7 Å². The van der Waals surface area contributed by atoms with Crippen LogP contribution in [-0.2, 0) is 65.4 Å². The van der Waals surface area contributed by atoms with Crippen molar-refractivity contribution >= 4 is 39.5 Å². The Morgan fingerprint density at radius 1 is 0.308 bits per heavy atom. The summed E-state index contributed by atoms with van der Waals surface area (Å²) in [7, 11) is -9.90. The van der Waals surface area contributed by atoms with Gasteiger partial charge < -0.3 is 33.8 Å². The summed E-state index contributed by atoms with van der Waals surface area (Å²) in [5.41, 5.74) is 0. The molecule has 0 spiro atoms. The summed E-state index contributed by atoms with van der Waals surface area (Å²) >= 11 is 0. The third-order valence-corrected chi connectivity index (χ3v) is 19.2. The first kappa shape index (κ1) is 89.1. The van der Waals surface area contributed by atoms with Crippen LogP contribution >= 0.6 is 15.6 Å². The highest BCUT2D eigenvalue weighted by atomic mass is 31.2. The molecule has 3 N–H and O–H groups in total. The number of phosphoric acid groups is 2. The van der Waals surface area contributed by atoms with Crippen molar-refractivity contribution in [3.05, 3.63) is 0 Å². The van der Waals surface area contributed by atoms with Crippen LogP contribution in [0.2, 0.25) is 0 Å². The molecule has 0 fully saturated rings. The molecule has 17 nitrogen and oxygen atoms in total. The van der Waals surface area contributed by atoms with E-state index in [-0.39, 0.29) is 25.7 Å². The van der Waals surface area contributed by atoms with Crippen LogP contribution < -0.4 is 0 Å². The summed E-state index contributed by atoms with van der Waals surface area (Å²) in [5.74, 6) is 0.842. The van der Waals surface area contributed by atoms with Gasteiger partial charge in [-0.3, -0.25) is 37.3 Å². The van der Waals surface area contributed by atoms with Gasteiger partial charge in [-0.05, 0) is 49.4 Å². The maximum Gasteiger partial charge on any atom is 0.472 e. The number of hydrogen-bond acceptors (Lipinski definition) is 15. The van der Waals surface area contributed by atoms with E-state index in [1.807, 2.05) is 0 Å². The molecule has 0 aromatic rings. The molecule has 0 aliphatic carbocycles. The number of carbonyl (C=O) groups excluding carboxylic acids is 4. The highest BCUT2D eigenvalue weighted by Gasteiger charge is 2.30. The first-order valence-corrected chi connectivity index (χ1v) is 40.3. The molecule has 5 unspecified atom stereocenters. The second-order valence-electron chi connectivity index (χ2n) is 27.4. The monoisotopic (exact) mass is 1340 g/mol. The molecule has 0 amide bonds. The number of esters is 4. The fourth-order valence-electron chi connectivity index (χ4n) is 10.8. The molecule has 0 saturated carbocycles. The fourth-order valence-corrected chi connectivity index (χ4v) is 12.4. The zero-order valence-electron chi connectivity index (χ0n) is 59.5. The highest BCUT2D eigenvalue weighted by Crippen LogP contribution is 2.45. The lowest BCUT2D eigenvalue weighted by atomic mass is 9.99. The quantitative estimate of drug-likeness (QED) is 0.0222. The van der Waals surface area contributed by atoms with Crippen molar-refractivity contribution in [2.45, 2.75) is 375 Å². The predicted molar refractivity (Wildman–Crippen MR) is 367 cm³/mol. The van der Waals surface area contributed by atoms with Crippen molar-refractivity contribution in [3.8, 4) is 0 Å². The maximum atomic E-state index is 13.0. The molecule has 0 aliphatic heterocycles. The number of aliphatic hydroxyl groups is 1. The van der Waals surface area contributed by atoms with E-state index in [1.165, 1.54) is 148 Å². The van der Waals surface area contributed by atoms with Crippen molar-refractivity contribution in [2.75, 3.05) is 39.6 Å². The van der Waals surface area contributed by atoms with Gasteiger partial charge in [0.1, 0.15) is 19.3 Å². The van der Waals surface area contributed by atoms with Crippen molar-refractivity contribution in [3.63, 3.8) is 0 Å². The Kier molecular flexibility index (Phi) is 60.3. The number of carbonyl (C=O) groups is 4. The van der Waals surface area contributed by atoms with E-state index in [1.54, 1.807) is 0 Å². The van der Waals surface area contributed by atoms with Crippen LogP contribution in [0.5, 0.6) is 0 Å². The number of phosphoric ester groups is 2. The number of rotatable bonds is 69. The van der Waals surface area contributed by atoms with Gasteiger partial charge in [-0.1, -0.05) is 306 Å². The number of ether oxygens (including phenoxy) is 4. The van der Waals surface area contributed by atoms with Gasteiger partial charge in [0.05, 0.1) is 26.4 Å². The molecular weight excluding hydrogens is 1200 g/mol. The van der Waals surface area contributed by atoms with Crippen LogP contribution in [0.3, 0.4) is 0 Å². The average molecular weight is 1340 g/mol. The van der Waals surface area contributed by atoms with Crippen LogP contribution in [0.1, 0.15) is 357 Å². The number of aliphatic hydroxyl groups excluding tert-OH is 1. The maximum absolute atomic E-state index is 13.0. The summed E-state index contributed by atoms with van der Waals surface area (Å²) in [6.07, 6.45) is 44.9.